The van der Waals surface area contributed by atoms with Crippen LogP contribution in [0.2, 0.25) is 0 Å². The van der Waals surface area contributed by atoms with E-state index < -0.39 is 0 Å². The number of ether oxygens (including phenoxy) is 3. The highest BCUT2D eigenvalue weighted by atomic mass is 16.5. The van der Waals surface area contributed by atoms with Gasteiger partial charge in [0.15, 0.2) is 0 Å². The van der Waals surface area contributed by atoms with E-state index in [1.54, 1.807) is 48.5 Å². The van der Waals surface area contributed by atoms with E-state index >= 15 is 0 Å². The van der Waals surface area contributed by atoms with Crippen LogP contribution in [0.1, 0.15) is 23.7 Å². The lowest BCUT2D eigenvalue weighted by Crippen LogP contribution is -2.14. The molecule has 2 aromatic carbocycles. The van der Waals surface area contributed by atoms with E-state index in [1.165, 1.54) is 7.11 Å². The summed E-state index contributed by atoms with van der Waals surface area (Å²) < 4.78 is 15.5. The molecule has 0 aromatic heterocycles. The third kappa shape index (κ3) is 5.53. The third-order valence-corrected chi connectivity index (χ3v) is 3.35. The van der Waals surface area contributed by atoms with Crippen LogP contribution in [0.4, 0.5) is 5.69 Å². The number of carbonyl (C=O) groups is 2. The molecule has 0 saturated carbocycles. The van der Waals surface area contributed by atoms with Gasteiger partial charge < -0.3 is 19.5 Å². The lowest BCUT2D eigenvalue weighted by molar-refractivity contribution is -0.141. The van der Waals surface area contributed by atoms with E-state index in [2.05, 4.69) is 10.1 Å². The number of esters is 1. The molecule has 1 N–H and O–H groups in total. The molecule has 0 aliphatic carbocycles. The van der Waals surface area contributed by atoms with E-state index in [1.807, 2.05) is 6.92 Å². The summed E-state index contributed by atoms with van der Waals surface area (Å²) in [7, 11) is 1.33. The van der Waals surface area contributed by atoms with Gasteiger partial charge in [0.2, 0.25) is 0 Å². The second kappa shape index (κ2) is 9.32. The van der Waals surface area contributed by atoms with Crippen LogP contribution in [0.3, 0.4) is 0 Å². The highest BCUT2D eigenvalue weighted by Gasteiger charge is 2.10. The number of nitrogens with one attached hydrogen (secondary N) is 1. The van der Waals surface area contributed by atoms with Gasteiger partial charge in [-0.3, -0.25) is 9.59 Å². The summed E-state index contributed by atoms with van der Waals surface area (Å²) in [4.78, 5) is 23.5. The first kappa shape index (κ1) is 18.3. The predicted molar refractivity (Wildman–Crippen MR) is 94.1 cm³/mol. The van der Waals surface area contributed by atoms with Crippen molar-refractivity contribution in [2.24, 2.45) is 0 Å². The molecule has 0 aliphatic rings. The molecule has 0 radical (unpaired) electrons. The largest absolute Gasteiger partial charge is 0.494 e. The van der Waals surface area contributed by atoms with E-state index in [9.17, 15) is 9.59 Å². The fraction of sp³-hybridized carbons (Fsp3) is 0.263. The van der Waals surface area contributed by atoms with Crippen molar-refractivity contribution in [1.29, 1.82) is 0 Å². The van der Waals surface area contributed by atoms with E-state index in [0.717, 1.165) is 0 Å². The van der Waals surface area contributed by atoms with Crippen LogP contribution in [0.25, 0.3) is 0 Å². The minimum atomic E-state index is -0.351. The average Bonchev–Trinajstić information content (AvgIpc) is 2.63. The smallest absolute Gasteiger partial charge is 0.308 e. The van der Waals surface area contributed by atoms with Crippen LogP contribution in [0, 0.1) is 0 Å². The molecule has 25 heavy (non-hydrogen) atoms. The molecule has 0 saturated heterocycles. The van der Waals surface area contributed by atoms with Gasteiger partial charge in [-0.2, -0.15) is 0 Å². The van der Waals surface area contributed by atoms with Crippen molar-refractivity contribution in [3.8, 4) is 11.5 Å². The van der Waals surface area contributed by atoms with Crippen LogP contribution >= 0.6 is 0 Å². The van der Waals surface area contributed by atoms with Crippen molar-refractivity contribution < 1.29 is 23.8 Å². The van der Waals surface area contributed by atoms with Gasteiger partial charge in [0.1, 0.15) is 11.5 Å². The van der Waals surface area contributed by atoms with Crippen molar-refractivity contribution in [3.05, 3.63) is 54.1 Å². The van der Waals surface area contributed by atoms with Gasteiger partial charge in [-0.15, -0.1) is 0 Å². The summed E-state index contributed by atoms with van der Waals surface area (Å²) in [5.41, 5.74) is 1.04. The maximum absolute atomic E-state index is 12.4. The van der Waals surface area contributed by atoms with Crippen molar-refractivity contribution in [2.75, 3.05) is 25.6 Å². The van der Waals surface area contributed by atoms with Gasteiger partial charge in [-0.25, -0.2) is 0 Å². The topological polar surface area (TPSA) is 73.9 Å². The minimum absolute atomic E-state index is 0.137. The van der Waals surface area contributed by atoms with Crippen molar-refractivity contribution in [1.82, 2.24) is 0 Å². The molecule has 0 fully saturated rings. The zero-order chi connectivity index (χ0) is 18.1. The Bertz CT molecular complexity index is 712. The Morgan fingerprint density at radius 2 is 1.72 bits per heavy atom. The molecule has 6 heteroatoms. The summed E-state index contributed by atoms with van der Waals surface area (Å²) >= 11 is 0. The van der Waals surface area contributed by atoms with Gasteiger partial charge in [-0.05, 0) is 43.3 Å². The maximum atomic E-state index is 12.4. The lowest BCUT2D eigenvalue weighted by Gasteiger charge is -2.12. The second-order valence-corrected chi connectivity index (χ2v) is 5.08. The molecule has 132 valence electrons. The quantitative estimate of drug-likeness (QED) is 0.745. The number of hydrogen-bond donors (Lipinski definition) is 1. The number of para-hydroxylation sites is 2. The molecular weight excluding hydrogens is 322 g/mol. The minimum Gasteiger partial charge on any atom is -0.494 e. The fourth-order valence-electron chi connectivity index (χ4n) is 2.11. The Kier molecular flexibility index (Phi) is 6.83. The van der Waals surface area contributed by atoms with Crippen molar-refractivity contribution in [2.45, 2.75) is 13.3 Å². The fourth-order valence-corrected chi connectivity index (χ4v) is 2.11. The highest BCUT2D eigenvalue weighted by Crippen LogP contribution is 2.25. The standard InChI is InChI=1S/C19H21NO5/c1-3-24-15-10-8-14(9-11-15)19(22)20-16-6-4-5-7-17(16)25-13-12-18(21)23-2/h4-11H,3,12-13H2,1-2H3,(H,20,22). The first-order valence-electron chi connectivity index (χ1n) is 7.97. The van der Waals surface area contributed by atoms with Crippen molar-refractivity contribution in [3.63, 3.8) is 0 Å². The molecule has 0 unspecified atom stereocenters. The van der Waals surface area contributed by atoms with Gasteiger partial charge in [0.25, 0.3) is 5.91 Å². The monoisotopic (exact) mass is 343 g/mol. The molecule has 2 rings (SSSR count). The molecule has 0 aliphatic heterocycles. The molecular formula is C19H21NO5. The summed E-state index contributed by atoms with van der Waals surface area (Å²) in [6.45, 7) is 2.64. The zero-order valence-electron chi connectivity index (χ0n) is 14.3. The number of methoxy groups -OCH3 is 1. The molecule has 1 amide bonds. The van der Waals surface area contributed by atoms with Crippen LogP contribution in [0.15, 0.2) is 48.5 Å². The molecule has 0 bridgehead atoms. The number of anilines is 1. The summed E-state index contributed by atoms with van der Waals surface area (Å²) in [6, 6.07) is 13.9. The van der Waals surface area contributed by atoms with Crippen LogP contribution in [-0.2, 0) is 9.53 Å². The summed E-state index contributed by atoms with van der Waals surface area (Å²) in [5.74, 6) is 0.597. The second-order valence-electron chi connectivity index (χ2n) is 5.08. The number of carbonyl (C=O) groups excluding carboxylic acids is 2. The average molecular weight is 343 g/mol. The number of rotatable bonds is 8. The van der Waals surface area contributed by atoms with Gasteiger partial charge >= 0.3 is 5.97 Å². The lowest BCUT2D eigenvalue weighted by atomic mass is 10.2. The Balaban J connectivity index is 2.01. The number of hydrogen-bond acceptors (Lipinski definition) is 5. The third-order valence-electron chi connectivity index (χ3n) is 3.35. The van der Waals surface area contributed by atoms with Gasteiger partial charge in [0.05, 0.1) is 32.4 Å². The maximum Gasteiger partial charge on any atom is 0.308 e. The first-order valence-corrected chi connectivity index (χ1v) is 7.97. The number of benzene rings is 2. The van der Waals surface area contributed by atoms with E-state index in [-0.39, 0.29) is 24.9 Å². The Morgan fingerprint density at radius 3 is 2.40 bits per heavy atom. The molecule has 2 aromatic rings. The molecule has 0 spiro atoms. The van der Waals surface area contributed by atoms with E-state index in [4.69, 9.17) is 9.47 Å². The van der Waals surface area contributed by atoms with Crippen LogP contribution in [0.5, 0.6) is 11.5 Å². The molecule has 6 nitrogen and oxygen atoms in total. The summed E-state index contributed by atoms with van der Waals surface area (Å²) in [6.07, 6.45) is 0.137. The molecule has 0 heterocycles. The zero-order valence-corrected chi connectivity index (χ0v) is 14.3. The first-order chi connectivity index (χ1) is 12.1. The Hall–Kier alpha value is -3.02. The van der Waals surface area contributed by atoms with E-state index in [0.29, 0.717) is 29.4 Å². The predicted octanol–water partition coefficient (Wildman–Crippen LogP) is 3.28. The highest BCUT2D eigenvalue weighted by molar-refractivity contribution is 6.05. The Labute approximate surface area is 146 Å². The Morgan fingerprint density at radius 1 is 1.00 bits per heavy atom. The number of amides is 1. The van der Waals surface area contributed by atoms with Crippen LogP contribution in [-0.4, -0.2) is 32.2 Å². The normalized spacial score (nSPS) is 10.0. The summed E-state index contributed by atoms with van der Waals surface area (Å²) in [5, 5.41) is 2.81. The van der Waals surface area contributed by atoms with Crippen LogP contribution < -0.4 is 14.8 Å². The SMILES string of the molecule is CCOc1ccc(C(=O)Nc2ccccc2OCCC(=O)OC)cc1. The van der Waals surface area contributed by atoms with Crippen molar-refractivity contribution >= 4 is 17.6 Å². The van der Waals surface area contributed by atoms with Gasteiger partial charge in [0, 0.05) is 5.56 Å². The molecule has 0 atom stereocenters. The van der Waals surface area contributed by atoms with Gasteiger partial charge in [-0.1, -0.05) is 12.1 Å².